The van der Waals surface area contributed by atoms with E-state index in [2.05, 4.69) is 20.9 Å². The zero-order valence-corrected chi connectivity index (χ0v) is 12.7. The van der Waals surface area contributed by atoms with Crippen molar-refractivity contribution in [1.29, 1.82) is 0 Å². The van der Waals surface area contributed by atoms with Crippen LogP contribution in [-0.4, -0.2) is 23.5 Å². The quantitative estimate of drug-likeness (QED) is 0.790. The van der Waals surface area contributed by atoms with Crippen molar-refractivity contribution >= 4 is 28.4 Å². The molecule has 3 amide bonds. The number of benzene rings is 1. The molecule has 1 heterocycles. The zero-order valence-electron chi connectivity index (χ0n) is 11.9. The summed E-state index contributed by atoms with van der Waals surface area (Å²) in [6.07, 6.45) is 0. The Morgan fingerprint density at radius 2 is 1.95 bits per heavy atom. The number of amides is 3. The molecule has 0 atom stereocenters. The molecular formula is C14H15FN4O2S. The second kappa shape index (κ2) is 7.51. The maximum Gasteiger partial charge on any atom is 0.321 e. The third-order valence-electron chi connectivity index (χ3n) is 2.66. The fraction of sp³-hybridized carbons (Fsp3) is 0.214. The first-order valence-electron chi connectivity index (χ1n) is 6.61. The number of anilines is 1. The van der Waals surface area contributed by atoms with Gasteiger partial charge in [0.05, 0.1) is 0 Å². The normalized spacial score (nSPS) is 10.1. The van der Waals surface area contributed by atoms with Crippen LogP contribution in [0.15, 0.2) is 29.6 Å². The van der Waals surface area contributed by atoms with Gasteiger partial charge in [0.15, 0.2) is 5.13 Å². The average Bonchev–Trinajstić information content (AvgIpc) is 2.95. The number of halogens is 1. The van der Waals surface area contributed by atoms with E-state index in [0.29, 0.717) is 11.7 Å². The van der Waals surface area contributed by atoms with E-state index in [-0.39, 0.29) is 24.0 Å². The number of thiazole rings is 1. The number of urea groups is 1. The zero-order chi connectivity index (χ0) is 15.9. The Morgan fingerprint density at radius 3 is 2.64 bits per heavy atom. The predicted molar refractivity (Wildman–Crippen MR) is 82.4 cm³/mol. The standard InChI is InChI=1S/C14H15FN4O2S/c1-2-16-12(20)11-8-22-14(18-11)19-13(21)17-7-9-3-5-10(15)6-4-9/h3-6,8H,2,7H2,1H3,(H,16,20)(H2,17,18,19,21). The number of aromatic nitrogens is 1. The monoisotopic (exact) mass is 322 g/mol. The van der Waals surface area contributed by atoms with Crippen LogP contribution >= 0.6 is 11.3 Å². The fourth-order valence-corrected chi connectivity index (χ4v) is 2.30. The van der Waals surface area contributed by atoms with Crippen LogP contribution in [0.1, 0.15) is 23.0 Å². The Morgan fingerprint density at radius 1 is 1.23 bits per heavy atom. The Labute approximate surface area is 130 Å². The van der Waals surface area contributed by atoms with Gasteiger partial charge in [-0.25, -0.2) is 14.2 Å². The van der Waals surface area contributed by atoms with Crippen molar-refractivity contribution in [3.63, 3.8) is 0 Å². The van der Waals surface area contributed by atoms with Crippen molar-refractivity contribution in [3.8, 4) is 0 Å². The third-order valence-corrected chi connectivity index (χ3v) is 3.42. The molecule has 22 heavy (non-hydrogen) atoms. The van der Waals surface area contributed by atoms with E-state index < -0.39 is 6.03 Å². The Kier molecular flexibility index (Phi) is 5.42. The van der Waals surface area contributed by atoms with E-state index in [0.717, 1.165) is 16.9 Å². The van der Waals surface area contributed by atoms with Gasteiger partial charge in [-0.3, -0.25) is 10.1 Å². The van der Waals surface area contributed by atoms with Gasteiger partial charge in [-0.2, -0.15) is 0 Å². The highest BCUT2D eigenvalue weighted by atomic mass is 32.1. The number of carbonyl (C=O) groups is 2. The lowest BCUT2D eigenvalue weighted by Gasteiger charge is -2.05. The molecule has 116 valence electrons. The number of nitrogens with zero attached hydrogens (tertiary/aromatic N) is 1. The maximum absolute atomic E-state index is 12.8. The Bertz CT molecular complexity index is 657. The highest BCUT2D eigenvalue weighted by molar-refractivity contribution is 7.14. The molecule has 2 aromatic rings. The molecule has 3 N–H and O–H groups in total. The summed E-state index contributed by atoms with van der Waals surface area (Å²) in [4.78, 5) is 27.3. The summed E-state index contributed by atoms with van der Waals surface area (Å²) in [5.74, 6) is -0.604. The van der Waals surface area contributed by atoms with Crippen LogP contribution in [0.4, 0.5) is 14.3 Å². The van der Waals surface area contributed by atoms with Crippen molar-refractivity contribution in [3.05, 3.63) is 46.7 Å². The summed E-state index contributed by atoms with van der Waals surface area (Å²) in [5.41, 5.74) is 1.04. The van der Waals surface area contributed by atoms with Crippen LogP contribution in [0.2, 0.25) is 0 Å². The van der Waals surface area contributed by atoms with E-state index in [4.69, 9.17) is 0 Å². The minimum Gasteiger partial charge on any atom is -0.351 e. The molecule has 0 aliphatic rings. The second-order valence-corrected chi connectivity index (χ2v) is 5.19. The van der Waals surface area contributed by atoms with Crippen molar-refractivity contribution < 1.29 is 14.0 Å². The first-order chi connectivity index (χ1) is 10.6. The van der Waals surface area contributed by atoms with Gasteiger partial charge in [0, 0.05) is 18.5 Å². The van der Waals surface area contributed by atoms with Crippen LogP contribution in [-0.2, 0) is 6.54 Å². The van der Waals surface area contributed by atoms with Crippen molar-refractivity contribution in [2.24, 2.45) is 0 Å². The lowest BCUT2D eigenvalue weighted by Crippen LogP contribution is -2.28. The molecule has 1 aromatic carbocycles. The van der Waals surface area contributed by atoms with E-state index in [1.807, 2.05) is 6.92 Å². The van der Waals surface area contributed by atoms with E-state index in [9.17, 15) is 14.0 Å². The summed E-state index contributed by atoms with van der Waals surface area (Å²) >= 11 is 1.16. The van der Waals surface area contributed by atoms with Gasteiger partial charge < -0.3 is 10.6 Å². The van der Waals surface area contributed by atoms with Crippen LogP contribution in [0, 0.1) is 5.82 Å². The first-order valence-corrected chi connectivity index (χ1v) is 7.49. The molecule has 0 unspecified atom stereocenters. The highest BCUT2D eigenvalue weighted by Gasteiger charge is 2.11. The Balaban J connectivity index is 1.84. The molecule has 0 radical (unpaired) electrons. The molecule has 2 rings (SSSR count). The van der Waals surface area contributed by atoms with Gasteiger partial charge >= 0.3 is 6.03 Å². The van der Waals surface area contributed by atoms with Crippen LogP contribution < -0.4 is 16.0 Å². The number of hydrogen-bond donors (Lipinski definition) is 3. The molecule has 0 fully saturated rings. The van der Waals surface area contributed by atoms with Crippen LogP contribution in [0.3, 0.4) is 0 Å². The second-order valence-electron chi connectivity index (χ2n) is 4.33. The number of nitrogens with one attached hydrogen (secondary N) is 3. The van der Waals surface area contributed by atoms with E-state index in [1.165, 1.54) is 12.1 Å². The number of rotatable bonds is 5. The minimum atomic E-state index is -0.443. The summed E-state index contributed by atoms with van der Waals surface area (Å²) < 4.78 is 12.8. The molecule has 0 spiro atoms. The molecule has 1 aromatic heterocycles. The summed E-state index contributed by atoms with van der Waals surface area (Å²) in [6.45, 7) is 2.59. The lowest BCUT2D eigenvalue weighted by atomic mass is 10.2. The molecule has 6 nitrogen and oxygen atoms in total. The minimum absolute atomic E-state index is 0.265. The van der Waals surface area contributed by atoms with Gasteiger partial charge in [0.2, 0.25) is 0 Å². The molecule has 0 bridgehead atoms. The first kappa shape index (κ1) is 15.9. The lowest BCUT2D eigenvalue weighted by molar-refractivity contribution is 0.0951. The highest BCUT2D eigenvalue weighted by Crippen LogP contribution is 2.15. The average molecular weight is 322 g/mol. The SMILES string of the molecule is CCNC(=O)c1csc(NC(=O)NCc2ccc(F)cc2)n1. The van der Waals surface area contributed by atoms with E-state index >= 15 is 0 Å². The number of carbonyl (C=O) groups excluding carboxylic acids is 2. The number of hydrogen-bond acceptors (Lipinski definition) is 4. The smallest absolute Gasteiger partial charge is 0.321 e. The van der Waals surface area contributed by atoms with Crippen LogP contribution in [0.25, 0.3) is 0 Å². The van der Waals surface area contributed by atoms with Crippen molar-refractivity contribution in [2.75, 3.05) is 11.9 Å². The molecule has 8 heteroatoms. The van der Waals surface area contributed by atoms with Crippen molar-refractivity contribution in [1.82, 2.24) is 15.6 Å². The van der Waals surface area contributed by atoms with Gasteiger partial charge in [-0.05, 0) is 24.6 Å². The third kappa shape index (κ3) is 4.52. The molecular weight excluding hydrogens is 307 g/mol. The maximum atomic E-state index is 12.8. The van der Waals surface area contributed by atoms with E-state index in [1.54, 1.807) is 17.5 Å². The van der Waals surface area contributed by atoms with Gasteiger partial charge in [0.25, 0.3) is 5.91 Å². The predicted octanol–water partition coefficient (Wildman–Crippen LogP) is 2.35. The van der Waals surface area contributed by atoms with Gasteiger partial charge in [-0.1, -0.05) is 12.1 Å². The molecule has 0 aliphatic heterocycles. The molecule has 0 saturated carbocycles. The molecule has 0 saturated heterocycles. The summed E-state index contributed by atoms with van der Waals surface area (Å²) in [6, 6.07) is 5.39. The Hall–Kier alpha value is -2.48. The fourth-order valence-electron chi connectivity index (χ4n) is 1.61. The van der Waals surface area contributed by atoms with Gasteiger partial charge in [-0.15, -0.1) is 11.3 Å². The summed E-state index contributed by atoms with van der Waals surface area (Å²) in [7, 11) is 0. The largest absolute Gasteiger partial charge is 0.351 e. The summed E-state index contributed by atoms with van der Waals surface area (Å²) in [5, 5.41) is 9.70. The molecule has 0 aliphatic carbocycles. The van der Waals surface area contributed by atoms with Crippen molar-refractivity contribution in [2.45, 2.75) is 13.5 Å². The topological polar surface area (TPSA) is 83.1 Å². The van der Waals surface area contributed by atoms with Crippen LogP contribution in [0.5, 0.6) is 0 Å². The van der Waals surface area contributed by atoms with Gasteiger partial charge in [0.1, 0.15) is 11.5 Å².